The fraction of sp³-hybridized carbons (Fsp3) is 0.521. The third-order valence-corrected chi connectivity index (χ3v) is 18.3. The number of para-hydroxylation sites is 2. The van der Waals surface area contributed by atoms with Crippen LogP contribution >= 0.6 is 46.7 Å². The lowest BCUT2D eigenvalue weighted by Crippen LogP contribution is -2.59. The highest BCUT2D eigenvalue weighted by atomic mass is 32.2. The summed E-state index contributed by atoms with van der Waals surface area (Å²) in [4.78, 5) is 32.6. The standard InChI is InChI=1S/C48H57NO4S4/c1-5-13-31(2)37-21-22-38-36-20-19-32-28-35(52-45(51)42-24-23-41(57-42)40-18-12-27-55-40)25-26-47(32,3)39(36)29-43(48(37,38)4)53-44(50)30-56-46(54)49(33-14-8-6-9-15-33)34-16-10-7-11-17-34/h6-12,14-18,23-24,27,31-32,35-39,43H,5,13,19-22,25-26,28-30H2,1-4H3/t31-,32-,35-,36+,37-,38+,39+,43+,47+,48-/m1/s1. The summed E-state index contributed by atoms with van der Waals surface area (Å²) >= 11 is 10.6. The molecule has 0 saturated heterocycles. The molecule has 0 bridgehead atoms. The molecule has 57 heavy (non-hydrogen) atoms. The predicted octanol–water partition coefficient (Wildman–Crippen LogP) is 13.5. The van der Waals surface area contributed by atoms with Gasteiger partial charge < -0.3 is 9.47 Å². The molecule has 2 heterocycles. The van der Waals surface area contributed by atoms with Gasteiger partial charge in [0.2, 0.25) is 0 Å². The Morgan fingerprint density at radius 1 is 0.860 bits per heavy atom. The average Bonchev–Trinajstić information content (AvgIpc) is 4.00. The molecule has 4 saturated carbocycles. The topological polar surface area (TPSA) is 55.8 Å². The highest BCUT2D eigenvalue weighted by molar-refractivity contribution is 8.23. The van der Waals surface area contributed by atoms with Crippen molar-refractivity contribution in [2.24, 2.45) is 46.3 Å². The lowest BCUT2D eigenvalue weighted by atomic mass is 9.43. The van der Waals surface area contributed by atoms with Crippen LogP contribution in [0.15, 0.2) is 90.3 Å². The molecule has 10 atom stereocenters. The smallest absolute Gasteiger partial charge is 0.348 e. The first kappa shape index (κ1) is 40.8. The van der Waals surface area contributed by atoms with E-state index in [4.69, 9.17) is 21.7 Å². The first-order valence-electron chi connectivity index (χ1n) is 21.2. The largest absolute Gasteiger partial charge is 0.461 e. The van der Waals surface area contributed by atoms with Crippen LogP contribution in [0.25, 0.3) is 9.75 Å². The summed E-state index contributed by atoms with van der Waals surface area (Å²) in [5.74, 6) is 3.12. The Balaban J connectivity index is 0.978. The summed E-state index contributed by atoms with van der Waals surface area (Å²) in [5, 5.41) is 2.07. The summed E-state index contributed by atoms with van der Waals surface area (Å²) < 4.78 is 13.7. The number of fused-ring (bicyclic) bond motifs is 5. The van der Waals surface area contributed by atoms with Crippen molar-refractivity contribution in [3.8, 4) is 9.75 Å². The number of benzene rings is 2. The quantitative estimate of drug-likeness (QED) is 0.110. The monoisotopic (exact) mass is 839 g/mol. The average molecular weight is 840 g/mol. The van der Waals surface area contributed by atoms with Crippen molar-refractivity contribution in [3.63, 3.8) is 0 Å². The van der Waals surface area contributed by atoms with E-state index in [0.717, 1.165) is 41.9 Å². The number of thiophene rings is 2. The summed E-state index contributed by atoms with van der Waals surface area (Å²) in [5.41, 5.74) is 2.03. The molecule has 8 rings (SSSR count). The van der Waals surface area contributed by atoms with Crippen LogP contribution in [0.5, 0.6) is 0 Å². The zero-order valence-electron chi connectivity index (χ0n) is 33.8. The number of thiocarbonyl (C=S) groups is 1. The Hall–Kier alpha value is -2.98. The van der Waals surface area contributed by atoms with Gasteiger partial charge in [-0.2, -0.15) is 0 Å². The van der Waals surface area contributed by atoms with Crippen LogP contribution in [0, 0.1) is 46.3 Å². The zero-order valence-corrected chi connectivity index (χ0v) is 37.0. The minimum Gasteiger partial charge on any atom is -0.461 e. The minimum absolute atomic E-state index is 0.0463. The maximum absolute atomic E-state index is 14.1. The molecule has 302 valence electrons. The Labute approximate surface area is 357 Å². The molecule has 4 aromatic rings. The van der Waals surface area contributed by atoms with Gasteiger partial charge in [-0.05, 0) is 140 Å². The normalized spacial score (nSPS) is 31.0. The van der Waals surface area contributed by atoms with Crippen molar-refractivity contribution in [3.05, 3.63) is 95.2 Å². The van der Waals surface area contributed by atoms with Gasteiger partial charge in [0.05, 0.1) is 5.75 Å². The van der Waals surface area contributed by atoms with Gasteiger partial charge in [0, 0.05) is 26.5 Å². The SMILES string of the molecule is CCC[C@@H](C)[C@H]1CC[C@H]2[C@@H]3CC[C@@H]4C[C@H](OC(=O)c5ccc(-c6cccs6)s5)CC[C@]4(C)[C@H]3C[C@H](OC(=O)CSC(=S)N(c3ccccc3)c3ccccc3)[C@]12C. The molecular formula is C48H57NO4S4. The van der Waals surface area contributed by atoms with Crippen LogP contribution in [0.4, 0.5) is 11.4 Å². The molecule has 0 aliphatic heterocycles. The van der Waals surface area contributed by atoms with Gasteiger partial charge in [0.15, 0.2) is 0 Å². The third-order valence-electron chi connectivity index (χ3n) is 14.8. The summed E-state index contributed by atoms with van der Waals surface area (Å²) in [6.07, 6.45) is 10.8. The molecular weight excluding hydrogens is 783 g/mol. The van der Waals surface area contributed by atoms with Gasteiger partial charge in [-0.25, -0.2) is 4.79 Å². The molecule has 9 heteroatoms. The number of nitrogens with zero attached hydrogens (tertiary/aromatic N) is 1. The maximum atomic E-state index is 14.1. The molecule has 2 aromatic heterocycles. The van der Waals surface area contributed by atoms with Crippen LogP contribution in [0.3, 0.4) is 0 Å². The molecule has 0 amide bonds. The number of carbonyl (C=O) groups excluding carboxylic acids is 2. The molecule has 0 N–H and O–H groups in total. The highest BCUT2D eigenvalue weighted by Crippen LogP contribution is 2.69. The van der Waals surface area contributed by atoms with Crippen molar-refractivity contribution in [1.82, 2.24) is 0 Å². The second-order valence-corrected chi connectivity index (χ2v) is 21.3. The van der Waals surface area contributed by atoms with E-state index in [0.29, 0.717) is 44.7 Å². The van der Waals surface area contributed by atoms with Gasteiger partial charge in [-0.3, -0.25) is 9.69 Å². The van der Waals surface area contributed by atoms with Crippen molar-refractivity contribution in [1.29, 1.82) is 0 Å². The van der Waals surface area contributed by atoms with Crippen LogP contribution in [-0.2, 0) is 14.3 Å². The Kier molecular flexibility index (Phi) is 12.4. The summed E-state index contributed by atoms with van der Waals surface area (Å²) in [6.45, 7) is 9.78. The van der Waals surface area contributed by atoms with E-state index in [-0.39, 0.29) is 40.7 Å². The molecule has 0 unspecified atom stereocenters. The minimum atomic E-state index is -0.184. The maximum Gasteiger partial charge on any atom is 0.348 e. The van der Waals surface area contributed by atoms with Gasteiger partial charge in [-0.1, -0.05) is 107 Å². The molecule has 5 nitrogen and oxygen atoms in total. The van der Waals surface area contributed by atoms with E-state index < -0.39 is 0 Å². The number of hydrogen-bond acceptors (Lipinski definition) is 8. The molecule has 0 radical (unpaired) electrons. The first-order chi connectivity index (χ1) is 27.6. The second-order valence-electron chi connectivity index (χ2n) is 17.7. The Morgan fingerprint density at radius 3 is 2.28 bits per heavy atom. The highest BCUT2D eigenvalue weighted by Gasteiger charge is 2.65. The van der Waals surface area contributed by atoms with Gasteiger partial charge in [0.25, 0.3) is 0 Å². The Morgan fingerprint density at radius 2 is 1.60 bits per heavy atom. The van der Waals surface area contributed by atoms with Crippen molar-refractivity contribution in [2.45, 2.75) is 104 Å². The lowest BCUT2D eigenvalue weighted by molar-refractivity contribution is -0.195. The molecule has 4 fully saturated rings. The van der Waals surface area contributed by atoms with E-state index in [2.05, 4.69) is 68.3 Å². The van der Waals surface area contributed by atoms with E-state index in [9.17, 15) is 9.59 Å². The predicted molar refractivity (Wildman–Crippen MR) is 241 cm³/mol. The number of esters is 2. The first-order valence-corrected chi connectivity index (χ1v) is 24.3. The molecule has 4 aliphatic carbocycles. The summed E-state index contributed by atoms with van der Waals surface area (Å²) in [6, 6.07) is 28.4. The van der Waals surface area contributed by atoms with Gasteiger partial charge in [0.1, 0.15) is 21.4 Å². The number of rotatable bonds is 11. The Bertz CT molecular complexity index is 1960. The van der Waals surface area contributed by atoms with Crippen LogP contribution in [0.2, 0.25) is 0 Å². The molecule has 0 spiro atoms. The molecule has 4 aliphatic rings. The van der Waals surface area contributed by atoms with Crippen molar-refractivity contribution >= 4 is 74.3 Å². The van der Waals surface area contributed by atoms with Gasteiger partial charge in [-0.15, -0.1) is 22.7 Å². The van der Waals surface area contributed by atoms with E-state index in [1.165, 1.54) is 66.5 Å². The molecule has 2 aromatic carbocycles. The number of thioether (sulfide) groups is 1. The number of carbonyl (C=O) groups is 2. The number of anilines is 2. The van der Waals surface area contributed by atoms with Gasteiger partial charge >= 0.3 is 11.9 Å². The van der Waals surface area contributed by atoms with E-state index in [1.807, 2.05) is 54.6 Å². The number of ether oxygens (including phenoxy) is 2. The van der Waals surface area contributed by atoms with E-state index >= 15 is 0 Å². The summed E-state index contributed by atoms with van der Waals surface area (Å²) in [7, 11) is 0. The fourth-order valence-electron chi connectivity index (χ4n) is 12.2. The lowest BCUT2D eigenvalue weighted by Gasteiger charge is -2.62. The van der Waals surface area contributed by atoms with Crippen molar-refractivity contribution in [2.75, 3.05) is 10.7 Å². The van der Waals surface area contributed by atoms with Crippen LogP contribution < -0.4 is 4.90 Å². The van der Waals surface area contributed by atoms with Crippen LogP contribution in [-0.4, -0.2) is 34.2 Å². The van der Waals surface area contributed by atoms with Crippen molar-refractivity contribution < 1.29 is 19.1 Å². The van der Waals surface area contributed by atoms with E-state index in [1.54, 1.807) is 11.3 Å². The fourth-order valence-corrected chi connectivity index (χ4v) is 14.9. The van der Waals surface area contributed by atoms with Crippen LogP contribution in [0.1, 0.15) is 102 Å². The second kappa shape index (κ2) is 17.3. The third kappa shape index (κ3) is 8.04. The number of hydrogen-bond donors (Lipinski definition) is 0. The zero-order chi connectivity index (χ0) is 39.7.